The van der Waals surface area contributed by atoms with E-state index in [1.54, 1.807) is 0 Å². The van der Waals surface area contributed by atoms with Gasteiger partial charge in [0.1, 0.15) is 11.4 Å². The molecule has 2 aliphatic rings. The van der Waals surface area contributed by atoms with Gasteiger partial charge in [-0.15, -0.1) is 0 Å². The number of anilines is 3. The van der Waals surface area contributed by atoms with Crippen LogP contribution >= 0.6 is 20.7 Å². The Hall–Kier alpha value is -1.96. The van der Waals surface area contributed by atoms with Crippen LogP contribution in [0.25, 0.3) is 0 Å². The molecule has 1 aliphatic heterocycles. The lowest BCUT2D eigenvalue weighted by atomic mass is 10.1. The number of carbonyl (C=O) groups is 1. The lowest BCUT2D eigenvalue weighted by molar-refractivity contribution is 0.0601. The van der Waals surface area contributed by atoms with Gasteiger partial charge in [-0.3, -0.25) is 0 Å². The molecule has 1 fully saturated rings. The number of nitrogens with one attached hydrogen (secondary N) is 2. The zero-order valence-corrected chi connectivity index (χ0v) is 14.8. The molecule has 1 aromatic heterocycles. The monoisotopic (exact) mass is 421 g/mol. The quantitative estimate of drug-likeness (QED) is 0.581. The molecule has 0 radical (unpaired) electrons. The van der Waals surface area contributed by atoms with Gasteiger partial charge in [0.05, 0.1) is 12.8 Å². The normalized spacial score (nSPS) is 15.3. The zero-order valence-electron chi connectivity index (χ0n) is 12.6. The van der Waals surface area contributed by atoms with Gasteiger partial charge in [0.2, 0.25) is 0 Å². The van der Waals surface area contributed by atoms with E-state index in [9.17, 15) is 4.79 Å². The molecule has 2 heterocycles. The van der Waals surface area contributed by atoms with Crippen LogP contribution in [-0.4, -0.2) is 22.2 Å². The van der Waals surface area contributed by atoms with Gasteiger partial charge >= 0.3 is 5.97 Å². The van der Waals surface area contributed by atoms with E-state index >= 15 is 0 Å². The summed E-state index contributed by atoms with van der Waals surface area (Å²) in [4.78, 5) is 16.6. The third-order valence-electron chi connectivity index (χ3n) is 3.98. The van der Waals surface area contributed by atoms with Crippen molar-refractivity contribution in [3.63, 3.8) is 0 Å². The summed E-state index contributed by atoms with van der Waals surface area (Å²) in [6.45, 7) is 0. The zero-order chi connectivity index (χ0) is 15.8. The average Bonchev–Trinajstić information content (AvgIpc) is 3.32. The number of hydrogen-bond acceptors (Lipinski definition) is 5. The number of methoxy groups -OCH3 is 1. The number of aromatic nitrogens is 1. The Bertz CT molecular complexity index is 815. The van der Waals surface area contributed by atoms with Crippen LogP contribution in [0, 0.1) is 3.57 Å². The average molecular weight is 421 g/mol. The summed E-state index contributed by atoms with van der Waals surface area (Å²) < 4.78 is 8.39. The molecule has 23 heavy (non-hydrogen) atoms. The molecule has 2 N–H and O–H groups in total. The van der Waals surface area contributed by atoms with Crippen LogP contribution in [0.5, 0.6) is 0 Å². The fourth-order valence-electron chi connectivity index (χ4n) is 2.57. The molecular weight excluding hydrogens is 405 g/mol. The number of hydrogen-bond donors (Lipinski definition) is 2. The van der Waals surface area contributed by atoms with E-state index in [1.165, 1.54) is 29.2 Å². The van der Waals surface area contributed by atoms with Crippen LogP contribution in [0.15, 0.2) is 30.5 Å². The summed E-state index contributed by atoms with van der Waals surface area (Å²) in [5.41, 5.74) is 3.73. The summed E-state index contributed by atoms with van der Waals surface area (Å²) in [6.07, 6.45) is 4.21. The molecule has 0 amide bonds. The molecule has 1 saturated carbocycles. The first-order chi connectivity index (χ1) is 11.2. The van der Waals surface area contributed by atoms with Crippen molar-refractivity contribution in [2.45, 2.75) is 18.8 Å². The molecule has 6 heteroatoms. The van der Waals surface area contributed by atoms with Crippen molar-refractivity contribution in [3.05, 3.63) is 45.2 Å². The van der Waals surface area contributed by atoms with Gasteiger partial charge in [-0.25, -0.2) is 9.78 Å². The number of pyridine rings is 1. The molecule has 5 nitrogen and oxygen atoms in total. The third-order valence-corrected chi connectivity index (χ3v) is 6.16. The van der Waals surface area contributed by atoms with Gasteiger partial charge in [-0.2, -0.15) is 0 Å². The highest BCUT2D eigenvalue weighted by Crippen LogP contribution is 2.40. The molecule has 0 bridgehead atoms. The van der Waals surface area contributed by atoms with E-state index in [0.717, 1.165) is 11.3 Å². The molecule has 118 valence electrons. The SMILES string of the molecule is COC(=O)c1cc(C2CC2)cnc1Nc1ccc2c(c1)I=CN2. The van der Waals surface area contributed by atoms with Crippen LogP contribution in [0.3, 0.4) is 0 Å². The van der Waals surface area contributed by atoms with E-state index in [4.69, 9.17) is 4.74 Å². The molecule has 1 aromatic carbocycles. The molecule has 2 aromatic rings. The largest absolute Gasteiger partial charge is 0.465 e. The number of nitrogens with zero attached hydrogens (tertiary/aromatic N) is 1. The number of halogens is 1. The van der Waals surface area contributed by atoms with E-state index < -0.39 is 0 Å². The Morgan fingerprint density at radius 1 is 1.39 bits per heavy atom. The molecular formula is C17H16IN3O2. The topological polar surface area (TPSA) is 63.2 Å². The first-order valence-corrected chi connectivity index (χ1v) is 9.78. The summed E-state index contributed by atoms with van der Waals surface area (Å²) in [6, 6.07) is 8.08. The Morgan fingerprint density at radius 2 is 2.26 bits per heavy atom. The predicted octanol–water partition coefficient (Wildman–Crippen LogP) is 3.81. The van der Waals surface area contributed by atoms with Crippen LogP contribution < -0.4 is 10.6 Å². The lowest BCUT2D eigenvalue weighted by Crippen LogP contribution is -2.08. The van der Waals surface area contributed by atoms with Gasteiger partial charge < -0.3 is 15.4 Å². The van der Waals surface area contributed by atoms with Crippen molar-refractivity contribution in [1.29, 1.82) is 0 Å². The number of rotatable bonds is 4. The lowest BCUT2D eigenvalue weighted by Gasteiger charge is -2.12. The number of carbonyl (C=O) groups excluding carboxylic acids is 1. The van der Waals surface area contributed by atoms with E-state index in [1.807, 2.05) is 18.3 Å². The van der Waals surface area contributed by atoms with Crippen LogP contribution in [0.4, 0.5) is 17.2 Å². The second-order valence-electron chi connectivity index (χ2n) is 5.61. The Kier molecular flexibility index (Phi) is 3.76. The Balaban J connectivity index is 1.67. The van der Waals surface area contributed by atoms with Gasteiger partial charge in [0, 0.05) is 19.6 Å². The minimum atomic E-state index is -0.355. The molecule has 0 saturated heterocycles. The van der Waals surface area contributed by atoms with Crippen LogP contribution in [0.2, 0.25) is 0 Å². The maximum absolute atomic E-state index is 12.1. The minimum absolute atomic E-state index is 0.0884. The summed E-state index contributed by atoms with van der Waals surface area (Å²) >= 11 is -0.0884. The molecule has 1 aliphatic carbocycles. The van der Waals surface area contributed by atoms with Crippen molar-refractivity contribution in [2.24, 2.45) is 0 Å². The highest BCUT2D eigenvalue weighted by molar-refractivity contribution is 14.2. The van der Waals surface area contributed by atoms with Crippen LogP contribution in [-0.2, 0) is 4.74 Å². The van der Waals surface area contributed by atoms with Crippen molar-refractivity contribution >= 4 is 48.0 Å². The summed E-state index contributed by atoms with van der Waals surface area (Å²) in [5.74, 6) is 0.742. The minimum Gasteiger partial charge on any atom is -0.465 e. The third kappa shape index (κ3) is 2.95. The van der Waals surface area contributed by atoms with Gasteiger partial charge in [-0.1, -0.05) is 20.7 Å². The first kappa shape index (κ1) is 14.6. The summed E-state index contributed by atoms with van der Waals surface area (Å²) in [5, 5.41) is 6.53. The smallest absolute Gasteiger partial charge is 0.341 e. The Morgan fingerprint density at radius 3 is 3.04 bits per heavy atom. The fourth-order valence-corrected chi connectivity index (χ4v) is 4.58. The maximum atomic E-state index is 12.1. The van der Waals surface area contributed by atoms with Crippen LogP contribution in [0.1, 0.15) is 34.7 Å². The van der Waals surface area contributed by atoms with E-state index in [2.05, 4.69) is 31.9 Å². The van der Waals surface area contributed by atoms with Gasteiger partial charge in [-0.05, 0) is 48.6 Å². The van der Waals surface area contributed by atoms with Crippen molar-refractivity contribution in [3.8, 4) is 0 Å². The molecule has 4 rings (SSSR count). The van der Waals surface area contributed by atoms with Crippen molar-refractivity contribution < 1.29 is 9.53 Å². The second kappa shape index (κ2) is 5.92. The number of esters is 1. The number of ether oxygens (including phenoxy) is 1. The number of fused-ring (bicyclic) bond motifs is 1. The highest BCUT2D eigenvalue weighted by Gasteiger charge is 2.26. The first-order valence-electron chi connectivity index (χ1n) is 7.45. The van der Waals surface area contributed by atoms with Gasteiger partial charge in [0.15, 0.2) is 0 Å². The Labute approximate surface area is 144 Å². The maximum Gasteiger partial charge on any atom is 0.341 e. The van der Waals surface area contributed by atoms with E-state index in [-0.39, 0.29) is 26.7 Å². The molecule has 0 spiro atoms. The van der Waals surface area contributed by atoms with Gasteiger partial charge in [0.25, 0.3) is 0 Å². The number of benzene rings is 1. The highest BCUT2D eigenvalue weighted by atomic mass is 127. The second-order valence-corrected chi connectivity index (χ2v) is 8.02. The molecule has 0 unspecified atom stereocenters. The van der Waals surface area contributed by atoms with Crippen molar-refractivity contribution in [2.75, 3.05) is 17.7 Å². The molecule has 0 atom stereocenters. The van der Waals surface area contributed by atoms with Crippen molar-refractivity contribution in [1.82, 2.24) is 4.98 Å². The summed E-state index contributed by atoms with van der Waals surface area (Å²) in [7, 11) is 1.40. The predicted molar refractivity (Wildman–Crippen MR) is 99.7 cm³/mol. The standard InChI is InChI=1S/C17H16IN3O2/c1-23-17(22)13-6-11(10-2-3-10)8-19-16(13)21-12-4-5-15-14(7-12)18-9-20-15/h4-10,20H,2-3H2,1H3,(H,19,21). The fraction of sp³-hybridized carbons (Fsp3) is 0.235. The van der Waals surface area contributed by atoms with E-state index in [0.29, 0.717) is 17.3 Å².